The largest absolute Gasteiger partial charge is 0.343 e. The van der Waals surface area contributed by atoms with Gasteiger partial charge < -0.3 is 10.6 Å². The highest BCUT2D eigenvalue weighted by molar-refractivity contribution is 5.92. The van der Waals surface area contributed by atoms with E-state index in [1.165, 1.54) is 33.9 Å². The number of carbonyl (C=O) groups excluding carboxylic acids is 1. The highest BCUT2D eigenvalue weighted by atomic mass is 16.2. The second-order valence-corrected chi connectivity index (χ2v) is 8.97. The van der Waals surface area contributed by atoms with Gasteiger partial charge in [-0.3, -0.25) is 4.79 Å². The maximum Gasteiger partial charge on any atom is 0.219 e. The highest BCUT2D eigenvalue weighted by Crippen LogP contribution is 2.46. The van der Waals surface area contributed by atoms with Crippen molar-refractivity contribution in [1.29, 1.82) is 0 Å². The number of piperidine rings is 1. The summed E-state index contributed by atoms with van der Waals surface area (Å²) in [5.74, 6) is 1.57. The van der Waals surface area contributed by atoms with Gasteiger partial charge in [0, 0.05) is 26.1 Å². The third-order valence-corrected chi connectivity index (χ3v) is 7.52. The first kappa shape index (κ1) is 17.9. The van der Waals surface area contributed by atoms with Crippen molar-refractivity contribution in [2.24, 2.45) is 17.6 Å². The Morgan fingerprint density at radius 2 is 1.82 bits per heavy atom. The van der Waals surface area contributed by atoms with Crippen LogP contribution in [0.3, 0.4) is 0 Å². The minimum Gasteiger partial charge on any atom is -0.343 e. The van der Waals surface area contributed by atoms with Crippen LogP contribution in [0.25, 0.3) is 16.3 Å². The van der Waals surface area contributed by atoms with Crippen molar-refractivity contribution in [2.45, 2.75) is 51.5 Å². The summed E-state index contributed by atoms with van der Waals surface area (Å²) in [6.07, 6.45) is 6.78. The first-order valence-corrected chi connectivity index (χ1v) is 10.9. The van der Waals surface area contributed by atoms with E-state index in [2.05, 4.69) is 36.4 Å². The van der Waals surface area contributed by atoms with Crippen LogP contribution in [0.1, 0.15) is 50.2 Å². The Hall–Kier alpha value is -2.13. The fourth-order valence-electron chi connectivity index (χ4n) is 5.98. The Balaban J connectivity index is 1.45. The van der Waals surface area contributed by atoms with Crippen LogP contribution in [0.2, 0.25) is 0 Å². The minimum absolute atomic E-state index is 0.208. The predicted molar refractivity (Wildman–Crippen MR) is 115 cm³/mol. The summed E-state index contributed by atoms with van der Waals surface area (Å²) in [6, 6.07) is 13.6. The lowest BCUT2D eigenvalue weighted by atomic mass is 9.67. The second-order valence-electron chi connectivity index (χ2n) is 8.97. The number of carbonyl (C=O) groups is 1. The number of fused-ring (bicyclic) bond motifs is 4. The fraction of sp³-hybridized carbons (Fsp3) is 0.480. The standard InChI is InChI=1S/C25H30N2O/c1-16(28)27-12-10-17(11-13-27)19-14-24-22-7-6-18-4-2-3-5-20(18)21(22)8-9-23(24)25(26)15-19/h2-7,17,19,25H,8-15,26H2,1H3/t19?,25-/m1/s1. The zero-order valence-corrected chi connectivity index (χ0v) is 16.8. The SMILES string of the molecule is CC(=O)N1CCC(C2CC3=C(CCc4c3ccc3ccccc43)[C@H](N)C2)CC1. The molecule has 1 aliphatic heterocycles. The first-order valence-electron chi connectivity index (χ1n) is 10.9. The molecule has 2 atom stereocenters. The summed E-state index contributed by atoms with van der Waals surface area (Å²) in [5, 5.41) is 2.76. The fourth-order valence-corrected chi connectivity index (χ4v) is 5.98. The maximum atomic E-state index is 11.7. The molecule has 28 heavy (non-hydrogen) atoms. The number of aryl methyl sites for hydroxylation is 1. The number of hydrogen-bond acceptors (Lipinski definition) is 2. The van der Waals surface area contributed by atoms with Crippen LogP contribution in [0.5, 0.6) is 0 Å². The van der Waals surface area contributed by atoms with Gasteiger partial charge in [0.1, 0.15) is 0 Å². The number of allylic oxidation sites excluding steroid dienone is 1. The number of likely N-dealkylation sites (tertiary alicyclic amines) is 1. The number of benzene rings is 2. The molecule has 0 aromatic heterocycles. The summed E-state index contributed by atoms with van der Waals surface area (Å²) >= 11 is 0. The Morgan fingerprint density at radius 1 is 1.04 bits per heavy atom. The molecule has 3 nitrogen and oxygen atoms in total. The molecule has 146 valence electrons. The molecule has 2 N–H and O–H groups in total. The Kier molecular flexibility index (Phi) is 4.51. The lowest BCUT2D eigenvalue weighted by Crippen LogP contribution is -2.41. The van der Waals surface area contributed by atoms with Gasteiger partial charge in [-0.05, 0) is 83.4 Å². The summed E-state index contributed by atoms with van der Waals surface area (Å²) < 4.78 is 0. The van der Waals surface area contributed by atoms with Gasteiger partial charge in [0.15, 0.2) is 0 Å². The van der Waals surface area contributed by atoms with Gasteiger partial charge in [-0.15, -0.1) is 0 Å². The van der Waals surface area contributed by atoms with Crippen molar-refractivity contribution in [3.63, 3.8) is 0 Å². The number of nitrogens with zero attached hydrogens (tertiary/aromatic N) is 1. The van der Waals surface area contributed by atoms with Crippen LogP contribution < -0.4 is 5.73 Å². The van der Waals surface area contributed by atoms with Gasteiger partial charge in [-0.25, -0.2) is 0 Å². The van der Waals surface area contributed by atoms with Crippen LogP contribution in [0.4, 0.5) is 0 Å². The number of rotatable bonds is 1. The molecule has 0 saturated carbocycles. The summed E-state index contributed by atoms with van der Waals surface area (Å²) in [5.41, 5.74) is 12.8. The van der Waals surface area contributed by atoms with Crippen molar-refractivity contribution in [2.75, 3.05) is 13.1 Å². The van der Waals surface area contributed by atoms with Gasteiger partial charge in [-0.2, -0.15) is 0 Å². The third kappa shape index (κ3) is 2.97. The van der Waals surface area contributed by atoms with E-state index in [4.69, 9.17) is 5.73 Å². The molecule has 2 aromatic carbocycles. The monoisotopic (exact) mass is 374 g/mol. The van der Waals surface area contributed by atoms with Crippen LogP contribution in [0, 0.1) is 11.8 Å². The molecule has 1 heterocycles. The molecule has 2 aromatic rings. The average molecular weight is 375 g/mol. The summed E-state index contributed by atoms with van der Waals surface area (Å²) in [7, 11) is 0. The summed E-state index contributed by atoms with van der Waals surface area (Å²) in [6.45, 7) is 3.52. The number of hydrogen-bond donors (Lipinski definition) is 1. The number of nitrogens with two attached hydrogens (primary N) is 1. The lowest BCUT2D eigenvalue weighted by molar-refractivity contribution is -0.130. The second kappa shape index (κ2) is 7.04. The van der Waals surface area contributed by atoms with E-state index in [0.29, 0.717) is 11.8 Å². The molecule has 1 unspecified atom stereocenters. The van der Waals surface area contributed by atoms with Crippen molar-refractivity contribution in [3.8, 4) is 0 Å². The van der Waals surface area contributed by atoms with Crippen molar-refractivity contribution in [1.82, 2.24) is 4.90 Å². The van der Waals surface area contributed by atoms with E-state index in [9.17, 15) is 4.79 Å². The van der Waals surface area contributed by atoms with Gasteiger partial charge in [0.25, 0.3) is 0 Å². The van der Waals surface area contributed by atoms with Crippen LogP contribution in [-0.2, 0) is 11.2 Å². The average Bonchev–Trinajstić information content (AvgIpc) is 2.73. The molecular weight excluding hydrogens is 344 g/mol. The normalized spacial score (nSPS) is 25.6. The third-order valence-electron chi connectivity index (χ3n) is 7.52. The minimum atomic E-state index is 0.208. The molecule has 3 aliphatic rings. The lowest BCUT2D eigenvalue weighted by Gasteiger charge is -2.42. The van der Waals surface area contributed by atoms with Gasteiger partial charge in [0.2, 0.25) is 5.91 Å². The molecule has 1 saturated heterocycles. The Bertz CT molecular complexity index is 952. The van der Waals surface area contributed by atoms with Crippen LogP contribution >= 0.6 is 0 Å². The van der Waals surface area contributed by atoms with Crippen molar-refractivity contribution >= 4 is 22.3 Å². The first-order chi connectivity index (χ1) is 13.6. The van der Waals surface area contributed by atoms with E-state index in [0.717, 1.165) is 45.2 Å². The molecule has 1 fully saturated rings. The molecule has 0 spiro atoms. The zero-order chi connectivity index (χ0) is 19.3. The van der Waals surface area contributed by atoms with E-state index in [1.54, 1.807) is 12.5 Å². The van der Waals surface area contributed by atoms with E-state index >= 15 is 0 Å². The molecule has 0 radical (unpaired) electrons. The van der Waals surface area contributed by atoms with E-state index in [1.807, 2.05) is 4.90 Å². The Labute approximate surface area is 167 Å². The quantitative estimate of drug-likeness (QED) is 0.797. The topological polar surface area (TPSA) is 46.3 Å². The van der Waals surface area contributed by atoms with Gasteiger partial charge >= 0.3 is 0 Å². The molecule has 3 heteroatoms. The molecule has 1 amide bonds. The van der Waals surface area contributed by atoms with E-state index in [-0.39, 0.29) is 11.9 Å². The predicted octanol–water partition coefficient (Wildman–Crippen LogP) is 4.54. The molecule has 5 rings (SSSR count). The van der Waals surface area contributed by atoms with Crippen molar-refractivity contribution in [3.05, 3.63) is 53.1 Å². The molecule has 0 bridgehead atoms. The maximum absolute atomic E-state index is 11.7. The smallest absolute Gasteiger partial charge is 0.219 e. The number of amides is 1. The highest BCUT2D eigenvalue weighted by Gasteiger charge is 2.36. The molecule has 2 aliphatic carbocycles. The Morgan fingerprint density at radius 3 is 2.61 bits per heavy atom. The summed E-state index contributed by atoms with van der Waals surface area (Å²) in [4.78, 5) is 13.7. The van der Waals surface area contributed by atoms with Crippen molar-refractivity contribution < 1.29 is 4.79 Å². The molecular formula is C25H30N2O. The van der Waals surface area contributed by atoms with Gasteiger partial charge in [0.05, 0.1) is 0 Å². The van der Waals surface area contributed by atoms with Crippen LogP contribution in [-0.4, -0.2) is 29.9 Å². The van der Waals surface area contributed by atoms with Gasteiger partial charge in [-0.1, -0.05) is 36.4 Å². The van der Waals surface area contributed by atoms with Crippen LogP contribution in [0.15, 0.2) is 42.0 Å². The zero-order valence-electron chi connectivity index (χ0n) is 16.8. The van der Waals surface area contributed by atoms with E-state index < -0.39 is 0 Å².